The van der Waals surface area contributed by atoms with E-state index in [-0.39, 0.29) is 0 Å². The van der Waals surface area contributed by atoms with E-state index in [1.165, 1.54) is 25.7 Å². The molecule has 2 nitrogen and oxygen atoms in total. The summed E-state index contributed by atoms with van der Waals surface area (Å²) in [5, 5.41) is 3.39. The van der Waals surface area contributed by atoms with Gasteiger partial charge in [0.1, 0.15) is 0 Å². The summed E-state index contributed by atoms with van der Waals surface area (Å²) in [7, 11) is 0. The molecule has 1 saturated heterocycles. The fourth-order valence-corrected chi connectivity index (χ4v) is 1.73. The molecule has 1 aliphatic rings. The van der Waals surface area contributed by atoms with E-state index in [1.807, 2.05) is 6.92 Å². The van der Waals surface area contributed by atoms with Crippen molar-refractivity contribution < 1.29 is 4.74 Å². The van der Waals surface area contributed by atoms with Gasteiger partial charge in [-0.3, -0.25) is 0 Å². The zero-order valence-corrected chi connectivity index (χ0v) is 9.14. The lowest BCUT2D eigenvalue weighted by molar-refractivity contribution is 0.102. The Morgan fingerprint density at radius 2 is 2.36 bits per heavy atom. The summed E-state index contributed by atoms with van der Waals surface area (Å²) in [6, 6.07) is 0. The predicted octanol–water partition coefficient (Wildman–Crippen LogP) is 1.95. The van der Waals surface area contributed by atoms with Crippen molar-refractivity contribution in [2.75, 3.05) is 19.7 Å². The third-order valence-electron chi connectivity index (χ3n) is 2.51. The average molecular weight is 195 g/mol. The number of hydrogen-bond donors (Lipinski definition) is 1. The highest BCUT2D eigenvalue weighted by Gasteiger charge is 2.13. The molecular formula is C12H21NO. The fourth-order valence-electron chi connectivity index (χ4n) is 1.73. The van der Waals surface area contributed by atoms with Crippen molar-refractivity contribution in [2.24, 2.45) is 0 Å². The smallest absolute Gasteiger partial charge is 0.0576 e. The second-order valence-corrected chi connectivity index (χ2v) is 3.70. The van der Waals surface area contributed by atoms with Crippen molar-refractivity contribution in [1.82, 2.24) is 5.32 Å². The highest BCUT2D eigenvalue weighted by Crippen LogP contribution is 2.16. The summed E-state index contributed by atoms with van der Waals surface area (Å²) in [5.74, 6) is 5.94. The normalized spacial score (nSPS) is 20.5. The summed E-state index contributed by atoms with van der Waals surface area (Å²) < 4.78 is 5.55. The molecule has 1 fully saturated rings. The molecule has 14 heavy (non-hydrogen) atoms. The Morgan fingerprint density at radius 1 is 1.43 bits per heavy atom. The topological polar surface area (TPSA) is 21.3 Å². The molecular weight excluding hydrogens is 174 g/mol. The average Bonchev–Trinajstić information content (AvgIpc) is 2.69. The molecule has 0 aromatic carbocycles. The van der Waals surface area contributed by atoms with Crippen LogP contribution in [0.1, 0.15) is 39.0 Å². The van der Waals surface area contributed by atoms with Crippen molar-refractivity contribution >= 4 is 0 Å². The van der Waals surface area contributed by atoms with Crippen molar-refractivity contribution in [3.05, 3.63) is 0 Å². The zero-order chi connectivity index (χ0) is 10.1. The fraction of sp³-hybridized carbons (Fsp3) is 0.833. The van der Waals surface area contributed by atoms with Crippen LogP contribution in [0.15, 0.2) is 0 Å². The first-order valence-corrected chi connectivity index (χ1v) is 5.65. The van der Waals surface area contributed by atoms with Gasteiger partial charge in [0.25, 0.3) is 0 Å². The van der Waals surface area contributed by atoms with Crippen LogP contribution >= 0.6 is 0 Å². The second-order valence-electron chi connectivity index (χ2n) is 3.70. The van der Waals surface area contributed by atoms with E-state index in [4.69, 9.17) is 4.74 Å². The molecule has 2 heteroatoms. The minimum Gasteiger partial charge on any atom is -0.378 e. The highest BCUT2D eigenvalue weighted by atomic mass is 16.5. The van der Waals surface area contributed by atoms with Crippen molar-refractivity contribution in [3.8, 4) is 11.8 Å². The van der Waals surface area contributed by atoms with Crippen molar-refractivity contribution in [1.29, 1.82) is 0 Å². The van der Waals surface area contributed by atoms with Gasteiger partial charge in [-0.1, -0.05) is 0 Å². The predicted molar refractivity (Wildman–Crippen MR) is 59.1 cm³/mol. The largest absolute Gasteiger partial charge is 0.378 e. The van der Waals surface area contributed by atoms with E-state index in [1.54, 1.807) is 0 Å². The van der Waals surface area contributed by atoms with Crippen LogP contribution in [-0.4, -0.2) is 25.8 Å². The van der Waals surface area contributed by atoms with Crippen LogP contribution < -0.4 is 5.32 Å². The number of rotatable bonds is 6. The molecule has 0 aliphatic carbocycles. The maximum absolute atomic E-state index is 5.55. The van der Waals surface area contributed by atoms with Gasteiger partial charge in [-0.05, 0) is 39.2 Å². The Balaban J connectivity index is 1.81. The first-order valence-electron chi connectivity index (χ1n) is 5.65. The van der Waals surface area contributed by atoms with Gasteiger partial charge in [0.2, 0.25) is 0 Å². The monoisotopic (exact) mass is 195 g/mol. The molecule has 0 aromatic rings. The van der Waals surface area contributed by atoms with Gasteiger partial charge >= 0.3 is 0 Å². The lowest BCUT2D eigenvalue weighted by Gasteiger charge is -2.08. The molecule has 80 valence electrons. The molecule has 1 heterocycles. The van der Waals surface area contributed by atoms with Crippen LogP contribution in [0, 0.1) is 11.8 Å². The van der Waals surface area contributed by atoms with Crippen LogP contribution in [0.2, 0.25) is 0 Å². The Kier molecular flexibility index (Phi) is 6.47. The van der Waals surface area contributed by atoms with Gasteiger partial charge in [-0.15, -0.1) is 11.8 Å². The Hall–Kier alpha value is -0.520. The molecule has 0 saturated carbocycles. The minimum atomic E-state index is 0.548. The first kappa shape index (κ1) is 11.6. The number of nitrogens with one attached hydrogen (secondary N) is 1. The van der Waals surface area contributed by atoms with Gasteiger partial charge in [0.05, 0.1) is 6.10 Å². The first-order chi connectivity index (χ1) is 6.93. The quantitative estimate of drug-likeness (QED) is 0.516. The van der Waals surface area contributed by atoms with Gasteiger partial charge in [0.15, 0.2) is 0 Å². The van der Waals surface area contributed by atoms with Crippen molar-refractivity contribution in [2.45, 2.75) is 45.1 Å². The third kappa shape index (κ3) is 5.26. The Bertz CT molecular complexity index is 186. The maximum atomic E-state index is 5.55. The summed E-state index contributed by atoms with van der Waals surface area (Å²) >= 11 is 0. The van der Waals surface area contributed by atoms with E-state index in [9.17, 15) is 0 Å². The Morgan fingerprint density at radius 3 is 3.07 bits per heavy atom. The summed E-state index contributed by atoms with van der Waals surface area (Å²) in [5.41, 5.74) is 0. The molecule has 1 atom stereocenters. The van der Waals surface area contributed by atoms with Crippen LogP contribution in [0.25, 0.3) is 0 Å². The lowest BCUT2D eigenvalue weighted by Crippen LogP contribution is -2.18. The van der Waals surface area contributed by atoms with E-state index in [0.29, 0.717) is 6.10 Å². The molecule has 1 unspecified atom stereocenters. The molecule has 0 amide bonds. The summed E-state index contributed by atoms with van der Waals surface area (Å²) in [6.45, 7) is 4.99. The van der Waals surface area contributed by atoms with E-state index >= 15 is 0 Å². The minimum absolute atomic E-state index is 0.548. The van der Waals surface area contributed by atoms with E-state index < -0.39 is 0 Å². The summed E-state index contributed by atoms with van der Waals surface area (Å²) in [6.07, 6.45) is 6.48. The molecule has 1 rings (SSSR count). The maximum Gasteiger partial charge on any atom is 0.0576 e. The molecule has 0 bridgehead atoms. The van der Waals surface area contributed by atoms with Crippen LogP contribution in [-0.2, 0) is 4.74 Å². The molecule has 0 aromatic heterocycles. The highest BCUT2D eigenvalue weighted by molar-refractivity contribution is 4.95. The SMILES string of the molecule is CC#CCCNCCCC1CCCO1. The van der Waals surface area contributed by atoms with Gasteiger partial charge < -0.3 is 10.1 Å². The molecule has 0 spiro atoms. The summed E-state index contributed by atoms with van der Waals surface area (Å²) in [4.78, 5) is 0. The standard InChI is InChI=1S/C12H21NO/c1-2-3-4-9-13-10-5-7-12-8-6-11-14-12/h12-13H,4-11H2,1H3. The zero-order valence-electron chi connectivity index (χ0n) is 9.14. The molecule has 1 aliphatic heterocycles. The van der Waals surface area contributed by atoms with Crippen LogP contribution in [0.3, 0.4) is 0 Å². The molecule has 1 N–H and O–H groups in total. The van der Waals surface area contributed by atoms with Gasteiger partial charge in [0, 0.05) is 19.6 Å². The number of hydrogen-bond acceptors (Lipinski definition) is 2. The van der Waals surface area contributed by atoms with Crippen LogP contribution in [0.4, 0.5) is 0 Å². The van der Waals surface area contributed by atoms with Crippen molar-refractivity contribution in [3.63, 3.8) is 0 Å². The second kappa shape index (κ2) is 7.84. The van der Waals surface area contributed by atoms with E-state index in [2.05, 4.69) is 17.2 Å². The lowest BCUT2D eigenvalue weighted by atomic mass is 10.1. The van der Waals surface area contributed by atoms with Gasteiger partial charge in [-0.25, -0.2) is 0 Å². The van der Waals surface area contributed by atoms with E-state index in [0.717, 1.165) is 26.1 Å². The Labute approximate surface area is 87.4 Å². The van der Waals surface area contributed by atoms with Crippen LogP contribution in [0.5, 0.6) is 0 Å². The third-order valence-corrected chi connectivity index (χ3v) is 2.51. The number of ether oxygens (including phenoxy) is 1. The van der Waals surface area contributed by atoms with Gasteiger partial charge in [-0.2, -0.15) is 0 Å². The molecule has 0 radical (unpaired) electrons.